The van der Waals surface area contributed by atoms with E-state index in [0.29, 0.717) is 6.54 Å². The fourth-order valence-electron chi connectivity index (χ4n) is 4.16. The molecule has 0 atom stereocenters. The second kappa shape index (κ2) is 8.75. The molecule has 4 rings (SSSR count). The summed E-state index contributed by atoms with van der Waals surface area (Å²) >= 11 is 0. The number of aromatic nitrogens is 1. The van der Waals surface area contributed by atoms with Crippen molar-refractivity contribution in [2.45, 2.75) is 39.7 Å². The van der Waals surface area contributed by atoms with Crippen LogP contribution in [0.25, 0.3) is 10.9 Å². The van der Waals surface area contributed by atoms with Gasteiger partial charge in [-0.25, -0.2) is 0 Å². The predicted octanol–water partition coefficient (Wildman–Crippen LogP) is 4.58. The number of fused-ring (bicyclic) bond motifs is 1. The topological polar surface area (TPSA) is 51.4 Å². The molecule has 1 aliphatic heterocycles. The normalized spacial score (nSPS) is 15.4. The molecule has 1 fully saturated rings. The predicted molar refractivity (Wildman–Crippen MR) is 131 cm³/mol. The SMILES string of the molecule is CCN1CCN(c2ccc(NCc3cc4cc(C(C)(C)C)ccc4[nH]c3=O)cc2)CC1. The van der Waals surface area contributed by atoms with Gasteiger partial charge < -0.3 is 20.1 Å². The Morgan fingerprint density at radius 3 is 2.32 bits per heavy atom. The number of rotatable bonds is 5. The van der Waals surface area contributed by atoms with Gasteiger partial charge in [0, 0.05) is 55.2 Å². The van der Waals surface area contributed by atoms with Crippen molar-refractivity contribution in [3.05, 3.63) is 70.0 Å². The maximum atomic E-state index is 12.5. The number of piperazine rings is 1. The van der Waals surface area contributed by atoms with Crippen LogP contribution in [-0.2, 0) is 12.0 Å². The summed E-state index contributed by atoms with van der Waals surface area (Å²) in [4.78, 5) is 20.5. The Morgan fingerprint density at radius 2 is 1.68 bits per heavy atom. The molecule has 2 N–H and O–H groups in total. The van der Waals surface area contributed by atoms with Crippen molar-refractivity contribution < 1.29 is 0 Å². The lowest BCUT2D eigenvalue weighted by molar-refractivity contribution is 0.271. The number of hydrogen-bond donors (Lipinski definition) is 2. The van der Waals surface area contributed by atoms with E-state index in [0.717, 1.165) is 54.9 Å². The number of benzene rings is 2. The van der Waals surface area contributed by atoms with Gasteiger partial charge in [-0.15, -0.1) is 0 Å². The Labute approximate surface area is 185 Å². The van der Waals surface area contributed by atoms with Crippen LogP contribution in [0.2, 0.25) is 0 Å². The molecule has 0 radical (unpaired) electrons. The standard InChI is InChI=1S/C26H34N4O/c1-5-29-12-14-30(15-13-29)23-9-7-22(8-10-23)27-18-20-16-19-17-21(26(2,3)4)6-11-24(19)28-25(20)31/h6-11,16-17,27H,5,12-15,18H2,1-4H3,(H,28,31). The van der Waals surface area contributed by atoms with Crippen molar-refractivity contribution in [1.82, 2.24) is 9.88 Å². The lowest BCUT2D eigenvalue weighted by Crippen LogP contribution is -2.46. The first-order chi connectivity index (χ1) is 14.8. The molecule has 0 bridgehead atoms. The molecule has 0 unspecified atom stereocenters. The maximum Gasteiger partial charge on any atom is 0.253 e. The average molecular weight is 419 g/mol. The highest BCUT2D eigenvalue weighted by Gasteiger charge is 2.16. The van der Waals surface area contributed by atoms with Crippen molar-refractivity contribution in [1.29, 1.82) is 0 Å². The number of nitrogens with one attached hydrogen (secondary N) is 2. The lowest BCUT2D eigenvalue weighted by atomic mass is 9.86. The minimum absolute atomic E-state index is 0.0334. The molecule has 2 aromatic carbocycles. The van der Waals surface area contributed by atoms with E-state index in [4.69, 9.17) is 0 Å². The van der Waals surface area contributed by atoms with E-state index in [2.05, 4.69) is 84.2 Å². The Balaban J connectivity index is 1.45. The molecule has 1 aromatic heterocycles. The molecule has 164 valence electrons. The van der Waals surface area contributed by atoms with Gasteiger partial charge >= 0.3 is 0 Å². The van der Waals surface area contributed by atoms with Crippen molar-refractivity contribution in [3.8, 4) is 0 Å². The Kier molecular flexibility index (Phi) is 6.05. The van der Waals surface area contributed by atoms with Gasteiger partial charge in [-0.1, -0.05) is 33.8 Å². The molecule has 1 saturated heterocycles. The first kappa shape index (κ1) is 21.4. The second-order valence-corrected chi connectivity index (χ2v) is 9.50. The molecular formula is C26H34N4O. The summed E-state index contributed by atoms with van der Waals surface area (Å²) in [6, 6.07) is 16.9. The average Bonchev–Trinajstić information content (AvgIpc) is 2.77. The molecule has 31 heavy (non-hydrogen) atoms. The Bertz CT molecular complexity index is 1090. The summed E-state index contributed by atoms with van der Waals surface area (Å²) in [7, 11) is 0. The first-order valence-corrected chi connectivity index (χ1v) is 11.3. The van der Waals surface area contributed by atoms with Gasteiger partial charge in [0.2, 0.25) is 0 Å². The van der Waals surface area contributed by atoms with Crippen LogP contribution in [0, 0.1) is 0 Å². The molecule has 5 heteroatoms. The summed E-state index contributed by atoms with van der Waals surface area (Å²) in [5.74, 6) is 0. The van der Waals surface area contributed by atoms with Crippen molar-refractivity contribution in [2.75, 3.05) is 42.9 Å². The van der Waals surface area contributed by atoms with Crippen LogP contribution in [0.15, 0.2) is 53.3 Å². The lowest BCUT2D eigenvalue weighted by Gasteiger charge is -2.35. The number of anilines is 2. The molecule has 0 saturated carbocycles. The number of nitrogens with zero attached hydrogens (tertiary/aromatic N) is 2. The summed E-state index contributed by atoms with van der Waals surface area (Å²) in [5.41, 5.74) is 5.23. The van der Waals surface area contributed by atoms with Gasteiger partial charge in [0.25, 0.3) is 5.56 Å². The van der Waals surface area contributed by atoms with E-state index < -0.39 is 0 Å². The van der Waals surface area contributed by atoms with Gasteiger partial charge in [0.1, 0.15) is 0 Å². The smallest absolute Gasteiger partial charge is 0.253 e. The third kappa shape index (κ3) is 4.93. The van der Waals surface area contributed by atoms with E-state index in [-0.39, 0.29) is 11.0 Å². The monoisotopic (exact) mass is 418 g/mol. The number of pyridine rings is 1. The highest BCUT2D eigenvalue weighted by Crippen LogP contribution is 2.25. The Hall–Kier alpha value is -2.79. The van der Waals surface area contributed by atoms with E-state index in [1.165, 1.54) is 11.3 Å². The minimum Gasteiger partial charge on any atom is -0.381 e. The van der Waals surface area contributed by atoms with E-state index in [9.17, 15) is 4.79 Å². The van der Waals surface area contributed by atoms with Crippen LogP contribution in [0.1, 0.15) is 38.8 Å². The molecule has 1 aliphatic rings. The quantitative estimate of drug-likeness (QED) is 0.637. The Morgan fingerprint density at radius 1 is 0.968 bits per heavy atom. The van der Waals surface area contributed by atoms with Crippen molar-refractivity contribution in [3.63, 3.8) is 0 Å². The minimum atomic E-state index is -0.0334. The summed E-state index contributed by atoms with van der Waals surface area (Å²) in [6.07, 6.45) is 0. The highest BCUT2D eigenvalue weighted by atomic mass is 16.1. The number of hydrogen-bond acceptors (Lipinski definition) is 4. The third-order valence-corrected chi connectivity index (χ3v) is 6.32. The van der Waals surface area contributed by atoms with Crippen LogP contribution >= 0.6 is 0 Å². The van der Waals surface area contributed by atoms with Crippen LogP contribution in [0.5, 0.6) is 0 Å². The fraction of sp³-hybridized carbons (Fsp3) is 0.423. The van der Waals surface area contributed by atoms with Gasteiger partial charge in [0.05, 0.1) is 0 Å². The van der Waals surface area contributed by atoms with Gasteiger partial charge in [-0.05, 0) is 65.4 Å². The van der Waals surface area contributed by atoms with Crippen molar-refractivity contribution in [2.24, 2.45) is 0 Å². The summed E-state index contributed by atoms with van der Waals surface area (Å²) < 4.78 is 0. The number of aromatic amines is 1. The van der Waals surface area contributed by atoms with Crippen LogP contribution in [0.3, 0.4) is 0 Å². The third-order valence-electron chi connectivity index (χ3n) is 6.32. The molecule has 3 aromatic rings. The van der Waals surface area contributed by atoms with Crippen LogP contribution in [-0.4, -0.2) is 42.6 Å². The van der Waals surface area contributed by atoms with Crippen LogP contribution < -0.4 is 15.8 Å². The maximum absolute atomic E-state index is 12.5. The van der Waals surface area contributed by atoms with Gasteiger partial charge in [0.15, 0.2) is 0 Å². The van der Waals surface area contributed by atoms with E-state index in [1.54, 1.807) is 0 Å². The summed E-state index contributed by atoms with van der Waals surface area (Å²) in [5, 5.41) is 4.49. The zero-order valence-corrected chi connectivity index (χ0v) is 19.2. The fourth-order valence-corrected chi connectivity index (χ4v) is 4.16. The number of H-pyrrole nitrogens is 1. The van der Waals surface area contributed by atoms with E-state index >= 15 is 0 Å². The second-order valence-electron chi connectivity index (χ2n) is 9.50. The van der Waals surface area contributed by atoms with Crippen molar-refractivity contribution >= 4 is 22.3 Å². The molecule has 2 heterocycles. The summed E-state index contributed by atoms with van der Waals surface area (Å²) in [6.45, 7) is 14.9. The van der Waals surface area contributed by atoms with Crippen LogP contribution in [0.4, 0.5) is 11.4 Å². The van der Waals surface area contributed by atoms with Gasteiger partial charge in [-0.3, -0.25) is 4.79 Å². The molecule has 0 aliphatic carbocycles. The molecule has 0 spiro atoms. The van der Waals surface area contributed by atoms with E-state index in [1.807, 2.05) is 12.1 Å². The van der Waals surface area contributed by atoms with Gasteiger partial charge in [-0.2, -0.15) is 0 Å². The molecule has 5 nitrogen and oxygen atoms in total. The molecular weight excluding hydrogens is 384 g/mol. The largest absolute Gasteiger partial charge is 0.381 e. The zero-order valence-electron chi connectivity index (χ0n) is 19.2. The highest BCUT2D eigenvalue weighted by molar-refractivity contribution is 5.80. The first-order valence-electron chi connectivity index (χ1n) is 11.3. The zero-order chi connectivity index (χ0) is 22.0. The molecule has 0 amide bonds. The number of likely N-dealkylation sites (N-methyl/N-ethyl adjacent to an activating group) is 1.